The highest BCUT2D eigenvalue weighted by atomic mass is 32.2. The minimum atomic E-state index is -1.41. The summed E-state index contributed by atoms with van der Waals surface area (Å²) in [5, 5.41) is 0. The van der Waals surface area contributed by atoms with E-state index in [1.54, 1.807) is 24.3 Å². The highest BCUT2D eigenvalue weighted by molar-refractivity contribution is 7.97. The molecule has 0 saturated heterocycles. The van der Waals surface area contributed by atoms with E-state index in [2.05, 4.69) is 17.8 Å². The van der Waals surface area contributed by atoms with Crippen LogP contribution in [0.15, 0.2) is 118 Å². The van der Waals surface area contributed by atoms with Gasteiger partial charge in [0.05, 0.1) is 10.9 Å². The van der Waals surface area contributed by atoms with Gasteiger partial charge in [-0.05, 0) is 67.3 Å². The largest absolute Gasteiger partial charge is 0.482 e. The number of carbonyl (C=O) groups excluding carboxylic acids is 1. The fourth-order valence-electron chi connectivity index (χ4n) is 3.49. The normalized spacial score (nSPS) is 12.7. The molecule has 0 aliphatic rings. The molecule has 2 unspecified atom stereocenters. The fourth-order valence-corrected chi connectivity index (χ4v) is 5.60. The van der Waals surface area contributed by atoms with E-state index in [1.807, 2.05) is 60.7 Å². The minimum absolute atomic E-state index is 0.372. The Labute approximate surface area is 223 Å². The zero-order chi connectivity index (χ0) is 27.0. The summed E-state index contributed by atoms with van der Waals surface area (Å²) < 4.78 is 39.0. The monoisotopic (exact) mass is 525 g/mol. The van der Waals surface area contributed by atoms with Crippen LogP contribution in [0.5, 0.6) is 5.75 Å². The SMILES string of the molecule is C#CC(C)(C#Cc1ccccc1)OC(=O)COc1ccc([S+](c2ccccc2)c2cc(F)cc(F)c2)cc1. The van der Waals surface area contributed by atoms with E-state index in [0.29, 0.717) is 10.6 Å². The Bertz CT molecular complexity index is 1480. The molecule has 3 nitrogen and oxygen atoms in total. The lowest BCUT2D eigenvalue weighted by Gasteiger charge is -2.18. The highest BCUT2D eigenvalue weighted by Gasteiger charge is 2.30. The molecule has 0 saturated carbocycles. The van der Waals surface area contributed by atoms with E-state index in [0.717, 1.165) is 21.4 Å². The number of terminal acetylenes is 1. The summed E-state index contributed by atoms with van der Waals surface area (Å²) in [5.74, 6) is 6.61. The summed E-state index contributed by atoms with van der Waals surface area (Å²) in [4.78, 5) is 14.7. The molecule has 2 atom stereocenters. The molecular weight excluding hydrogens is 502 g/mol. The fraction of sp³-hybridized carbons (Fsp3) is 0.0938. The molecule has 38 heavy (non-hydrogen) atoms. The number of benzene rings is 4. The Kier molecular flexibility index (Phi) is 8.48. The van der Waals surface area contributed by atoms with Gasteiger partial charge in [0.15, 0.2) is 21.3 Å². The Hall–Kier alpha value is -4.52. The van der Waals surface area contributed by atoms with E-state index < -0.39 is 34.1 Å². The van der Waals surface area contributed by atoms with Crippen LogP contribution in [0.4, 0.5) is 8.78 Å². The molecule has 0 amide bonds. The third-order valence-electron chi connectivity index (χ3n) is 5.28. The highest BCUT2D eigenvalue weighted by Crippen LogP contribution is 2.33. The molecular formula is C32H23F2O3S+. The van der Waals surface area contributed by atoms with Gasteiger partial charge < -0.3 is 9.47 Å². The van der Waals surface area contributed by atoms with Gasteiger partial charge in [-0.15, -0.1) is 6.42 Å². The van der Waals surface area contributed by atoms with Crippen molar-refractivity contribution in [3.05, 3.63) is 120 Å². The van der Waals surface area contributed by atoms with Crippen molar-refractivity contribution < 1.29 is 23.0 Å². The van der Waals surface area contributed by atoms with Crippen LogP contribution in [0.2, 0.25) is 0 Å². The van der Waals surface area contributed by atoms with Crippen molar-refractivity contribution in [3.63, 3.8) is 0 Å². The van der Waals surface area contributed by atoms with E-state index in [1.165, 1.54) is 19.1 Å². The molecule has 0 aromatic heterocycles. The lowest BCUT2D eigenvalue weighted by Crippen LogP contribution is -2.31. The topological polar surface area (TPSA) is 35.5 Å². The average Bonchev–Trinajstić information content (AvgIpc) is 2.92. The molecule has 0 fully saturated rings. The molecule has 0 heterocycles. The summed E-state index contributed by atoms with van der Waals surface area (Å²) in [7, 11) is -0.754. The van der Waals surface area contributed by atoms with Crippen LogP contribution in [0, 0.1) is 35.8 Å². The first-order valence-corrected chi connectivity index (χ1v) is 12.8. The zero-order valence-electron chi connectivity index (χ0n) is 20.5. The maximum Gasteiger partial charge on any atom is 0.346 e. The number of halogens is 2. The molecule has 188 valence electrons. The van der Waals surface area contributed by atoms with Crippen LogP contribution < -0.4 is 4.74 Å². The molecule has 0 aliphatic heterocycles. The van der Waals surface area contributed by atoms with Crippen molar-refractivity contribution in [2.45, 2.75) is 27.2 Å². The number of rotatable bonds is 7. The second-order valence-corrected chi connectivity index (χ2v) is 10.3. The van der Waals surface area contributed by atoms with E-state index in [4.69, 9.17) is 15.9 Å². The first-order chi connectivity index (χ1) is 18.3. The van der Waals surface area contributed by atoms with Gasteiger partial charge in [-0.25, -0.2) is 13.6 Å². The second-order valence-electron chi connectivity index (χ2n) is 8.25. The van der Waals surface area contributed by atoms with Gasteiger partial charge in [-0.2, -0.15) is 0 Å². The van der Waals surface area contributed by atoms with Crippen LogP contribution in [-0.2, 0) is 20.4 Å². The van der Waals surface area contributed by atoms with Crippen LogP contribution >= 0.6 is 0 Å². The number of esters is 1. The molecule has 0 spiro atoms. The molecule has 0 bridgehead atoms. The predicted molar refractivity (Wildman–Crippen MR) is 144 cm³/mol. The zero-order valence-corrected chi connectivity index (χ0v) is 21.3. The van der Waals surface area contributed by atoms with Gasteiger partial charge in [0, 0.05) is 23.8 Å². The number of hydrogen-bond acceptors (Lipinski definition) is 3. The average molecular weight is 526 g/mol. The smallest absolute Gasteiger partial charge is 0.346 e. The van der Waals surface area contributed by atoms with Gasteiger partial charge >= 0.3 is 5.97 Å². The minimum Gasteiger partial charge on any atom is -0.482 e. The van der Waals surface area contributed by atoms with Crippen LogP contribution in [0.25, 0.3) is 0 Å². The van der Waals surface area contributed by atoms with E-state index >= 15 is 0 Å². The lowest BCUT2D eigenvalue weighted by molar-refractivity contribution is -0.151. The van der Waals surface area contributed by atoms with Crippen molar-refractivity contribution in [3.8, 4) is 29.9 Å². The third-order valence-corrected chi connectivity index (χ3v) is 7.47. The Morgan fingerprint density at radius 2 is 1.42 bits per heavy atom. The molecule has 4 aromatic rings. The summed E-state index contributed by atoms with van der Waals surface area (Å²) in [6.07, 6.45) is 5.57. The van der Waals surface area contributed by atoms with Crippen LogP contribution in [-0.4, -0.2) is 18.2 Å². The van der Waals surface area contributed by atoms with Gasteiger partial charge in [0.2, 0.25) is 5.60 Å². The lowest BCUT2D eigenvalue weighted by atomic mass is 10.1. The summed E-state index contributed by atoms with van der Waals surface area (Å²) in [6.45, 7) is 1.17. The van der Waals surface area contributed by atoms with Crippen molar-refractivity contribution in [2.24, 2.45) is 0 Å². The molecule has 4 rings (SSSR count). The summed E-state index contributed by atoms with van der Waals surface area (Å²) in [6, 6.07) is 29.2. The summed E-state index contributed by atoms with van der Waals surface area (Å²) in [5.41, 5.74) is -0.665. The number of hydrogen-bond donors (Lipinski definition) is 0. The van der Waals surface area contributed by atoms with Gasteiger partial charge in [-0.1, -0.05) is 42.3 Å². The van der Waals surface area contributed by atoms with Crippen molar-refractivity contribution in [1.29, 1.82) is 0 Å². The maximum atomic E-state index is 14.0. The standard InChI is InChI=1S/C32H23F2O3S/c1-3-32(2,19-18-24-10-6-4-7-11-24)37-31(35)23-36-27-14-16-29(17-15-27)38(28-12-8-5-9-13-28)30-21-25(33)20-26(34)22-30/h1,4-17,20-22H,23H2,2H3/q+1. The van der Waals surface area contributed by atoms with Crippen LogP contribution in [0.1, 0.15) is 12.5 Å². The van der Waals surface area contributed by atoms with Crippen molar-refractivity contribution >= 4 is 16.9 Å². The van der Waals surface area contributed by atoms with Crippen LogP contribution in [0.3, 0.4) is 0 Å². The Morgan fingerprint density at radius 3 is 2.03 bits per heavy atom. The second kappa shape index (κ2) is 12.1. The van der Waals surface area contributed by atoms with Gasteiger partial charge in [0.1, 0.15) is 17.4 Å². The number of ether oxygens (including phenoxy) is 2. The van der Waals surface area contributed by atoms with Gasteiger partial charge in [0.25, 0.3) is 0 Å². The van der Waals surface area contributed by atoms with Crippen molar-refractivity contribution in [1.82, 2.24) is 0 Å². The maximum absolute atomic E-state index is 14.0. The van der Waals surface area contributed by atoms with E-state index in [9.17, 15) is 13.6 Å². The van der Waals surface area contributed by atoms with Gasteiger partial charge in [-0.3, -0.25) is 0 Å². The first kappa shape index (κ1) is 26.5. The molecule has 0 radical (unpaired) electrons. The number of carbonyl (C=O) groups is 1. The predicted octanol–water partition coefficient (Wildman–Crippen LogP) is 6.43. The summed E-state index contributed by atoms with van der Waals surface area (Å²) >= 11 is 0. The first-order valence-electron chi connectivity index (χ1n) is 11.6. The Balaban J connectivity index is 1.46. The molecule has 0 aliphatic carbocycles. The molecule has 4 aromatic carbocycles. The molecule has 0 N–H and O–H groups in total. The Morgan fingerprint density at radius 1 is 0.842 bits per heavy atom. The van der Waals surface area contributed by atoms with Crippen molar-refractivity contribution in [2.75, 3.05) is 6.61 Å². The van der Waals surface area contributed by atoms with E-state index in [-0.39, 0.29) is 6.61 Å². The third kappa shape index (κ3) is 7.03. The quantitative estimate of drug-likeness (QED) is 0.159. The molecule has 6 heteroatoms.